The molecule has 2 atom stereocenters. The van der Waals surface area contributed by atoms with E-state index in [1.807, 2.05) is 19.9 Å². The highest BCUT2D eigenvalue weighted by atomic mass is 16.3. The van der Waals surface area contributed by atoms with Crippen molar-refractivity contribution in [3.05, 3.63) is 47.2 Å². The Labute approximate surface area is 140 Å². The standard InChI is InChI=1S/C18H25NO2.C2H6/c1-4-13(5-2)10-14-12(3)8-6-7-9-15(14)19-16-11-17(20)18(16)21;1-2/h4,10-11,15,18-19,21H,1,5-9H2,2-3H3;1-2H3/b13-10+;. The maximum atomic E-state index is 11.2. The van der Waals surface area contributed by atoms with Crippen LogP contribution in [0.3, 0.4) is 0 Å². The fourth-order valence-corrected chi connectivity index (χ4v) is 2.90. The van der Waals surface area contributed by atoms with Crippen molar-refractivity contribution in [2.75, 3.05) is 0 Å². The Hall–Kier alpha value is -1.61. The molecule has 128 valence electrons. The molecule has 23 heavy (non-hydrogen) atoms. The van der Waals surface area contributed by atoms with E-state index in [9.17, 15) is 9.90 Å². The van der Waals surface area contributed by atoms with Crippen molar-refractivity contribution in [2.24, 2.45) is 0 Å². The molecule has 0 radical (unpaired) electrons. The lowest BCUT2D eigenvalue weighted by molar-refractivity contribution is -0.123. The van der Waals surface area contributed by atoms with Crippen LogP contribution in [0.5, 0.6) is 0 Å². The second kappa shape index (κ2) is 9.51. The minimum Gasteiger partial charge on any atom is -0.379 e. The van der Waals surface area contributed by atoms with Crippen molar-refractivity contribution in [1.82, 2.24) is 5.32 Å². The first kappa shape index (κ1) is 19.4. The predicted molar refractivity (Wildman–Crippen MR) is 97.1 cm³/mol. The van der Waals surface area contributed by atoms with Crippen LogP contribution >= 0.6 is 0 Å². The normalized spacial score (nSPS) is 24.8. The lowest BCUT2D eigenvalue weighted by atomic mass is 9.93. The zero-order valence-electron chi connectivity index (χ0n) is 15.0. The number of carbonyl (C=O) groups excluding carboxylic acids is 1. The van der Waals surface area contributed by atoms with E-state index in [0.29, 0.717) is 5.70 Å². The Bertz CT molecular complexity index is 526. The van der Waals surface area contributed by atoms with Crippen molar-refractivity contribution in [1.29, 1.82) is 0 Å². The first-order chi connectivity index (χ1) is 11.1. The van der Waals surface area contributed by atoms with Crippen LogP contribution in [0.15, 0.2) is 47.2 Å². The molecule has 0 spiro atoms. The summed E-state index contributed by atoms with van der Waals surface area (Å²) in [6.45, 7) is 12.2. The Balaban J connectivity index is 0.00000127. The van der Waals surface area contributed by atoms with Crippen LogP contribution in [-0.2, 0) is 4.79 Å². The fraction of sp³-hybridized carbons (Fsp3) is 0.550. The molecule has 0 saturated carbocycles. The highest BCUT2D eigenvalue weighted by molar-refractivity contribution is 6.03. The second-order valence-electron chi connectivity index (χ2n) is 5.86. The molecule has 0 saturated heterocycles. The summed E-state index contributed by atoms with van der Waals surface area (Å²) in [6, 6.07) is 0.169. The van der Waals surface area contributed by atoms with E-state index in [-0.39, 0.29) is 11.8 Å². The van der Waals surface area contributed by atoms with Crippen molar-refractivity contribution >= 4 is 5.78 Å². The van der Waals surface area contributed by atoms with Gasteiger partial charge in [-0.25, -0.2) is 0 Å². The van der Waals surface area contributed by atoms with Gasteiger partial charge < -0.3 is 10.4 Å². The van der Waals surface area contributed by atoms with Crippen LogP contribution in [-0.4, -0.2) is 23.0 Å². The van der Waals surface area contributed by atoms with Crippen LogP contribution in [0.4, 0.5) is 0 Å². The minimum absolute atomic E-state index is 0.169. The average molecular weight is 317 g/mol. The molecule has 3 heteroatoms. The summed E-state index contributed by atoms with van der Waals surface area (Å²) < 4.78 is 0. The zero-order valence-corrected chi connectivity index (χ0v) is 15.0. The van der Waals surface area contributed by atoms with Gasteiger partial charge in [-0.1, -0.05) is 51.5 Å². The van der Waals surface area contributed by atoms with Crippen molar-refractivity contribution in [2.45, 2.75) is 71.9 Å². The summed E-state index contributed by atoms with van der Waals surface area (Å²) in [4.78, 5) is 11.2. The number of rotatable bonds is 5. The van der Waals surface area contributed by atoms with Gasteiger partial charge in [0.15, 0.2) is 11.9 Å². The van der Waals surface area contributed by atoms with Gasteiger partial charge in [0.05, 0.1) is 11.7 Å². The van der Waals surface area contributed by atoms with E-state index in [4.69, 9.17) is 0 Å². The molecule has 2 N–H and O–H groups in total. The number of nitrogens with one attached hydrogen (secondary N) is 1. The highest BCUT2D eigenvalue weighted by Gasteiger charge is 2.31. The number of aliphatic hydroxyl groups is 1. The third-order valence-electron chi connectivity index (χ3n) is 4.38. The molecule has 2 aliphatic carbocycles. The summed E-state index contributed by atoms with van der Waals surface area (Å²) in [7, 11) is 0. The summed E-state index contributed by atoms with van der Waals surface area (Å²) in [6.07, 6.45) is 10.1. The lowest BCUT2D eigenvalue weighted by Crippen LogP contribution is -2.43. The molecule has 0 aromatic heterocycles. The van der Waals surface area contributed by atoms with Gasteiger partial charge in [0.1, 0.15) is 0 Å². The van der Waals surface area contributed by atoms with Gasteiger partial charge >= 0.3 is 0 Å². The maximum Gasteiger partial charge on any atom is 0.191 e. The number of carbonyl (C=O) groups is 1. The molecule has 0 heterocycles. The molecule has 2 rings (SSSR count). The van der Waals surface area contributed by atoms with Gasteiger partial charge in [-0.2, -0.15) is 0 Å². The number of allylic oxidation sites excluding steroid dienone is 3. The van der Waals surface area contributed by atoms with E-state index in [0.717, 1.165) is 25.7 Å². The first-order valence-electron chi connectivity index (χ1n) is 8.79. The summed E-state index contributed by atoms with van der Waals surface area (Å²) in [5.74, 6) is -0.204. The van der Waals surface area contributed by atoms with Crippen LogP contribution < -0.4 is 5.32 Å². The number of aliphatic hydroxyl groups excluding tert-OH is 1. The van der Waals surface area contributed by atoms with Gasteiger partial charge in [-0.3, -0.25) is 4.79 Å². The van der Waals surface area contributed by atoms with Gasteiger partial charge in [0.25, 0.3) is 0 Å². The number of hydrogen-bond donors (Lipinski definition) is 2. The molecular formula is C20H31NO2. The summed E-state index contributed by atoms with van der Waals surface area (Å²) in [5.41, 5.74) is 4.55. The molecule has 2 unspecified atom stereocenters. The molecule has 0 aromatic carbocycles. The van der Waals surface area contributed by atoms with E-state index >= 15 is 0 Å². The van der Waals surface area contributed by atoms with Crippen molar-refractivity contribution in [3.63, 3.8) is 0 Å². The monoisotopic (exact) mass is 317 g/mol. The summed E-state index contributed by atoms with van der Waals surface area (Å²) in [5, 5.41) is 13.0. The number of ketones is 1. The zero-order chi connectivity index (χ0) is 17.4. The van der Waals surface area contributed by atoms with Crippen molar-refractivity contribution < 1.29 is 9.90 Å². The molecule has 3 nitrogen and oxygen atoms in total. The second-order valence-corrected chi connectivity index (χ2v) is 5.86. The van der Waals surface area contributed by atoms with Crippen LogP contribution in [0.25, 0.3) is 0 Å². The smallest absolute Gasteiger partial charge is 0.191 e. The van der Waals surface area contributed by atoms with E-state index in [2.05, 4.69) is 31.8 Å². The first-order valence-corrected chi connectivity index (χ1v) is 8.79. The molecule has 0 bridgehead atoms. The number of hydrogen-bond acceptors (Lipinski definition) is 3. The van der Waals surface area contributed by atoms with E-state index in [1.165, 1.54) is 29.2 Å². The Morgan fingerprint density at radius 3 is 2.65 bits per heavy atom. The van der Waals surface area contributed by atoms with Crippen molar-refractivity contribution in [3.8, 4) is 0 Å². The molecule has 2 aliphatic rings. The predicted octanol–water partition coefficient (Wildman–Crippen LogP) is 4.21. The third kappa shape index (κ3) is 4.93. The van der Waals surface area contributed by atoms with E-state index in [1.54, 1.807) is 0 Å². The maximum absolute atomic E-state index is 11.2. The molecule has 0 aliphatic heterocycles. The third-order valence-corrected chi connectivity index (χ3v) is 4.38. The molecule has 0 aromatic rings. The molecule has 0 amide bonds. The SMILES string of the molecule is C=C/C(=C\C1=C(C)CCCCC1NC1=CC(=O)C1O)CC.CC. The largest absolute Gasteiger partial charge is 0.379 e. The quantitative estimate of drug-likeness (QED) is 0.747. The van der Waals surface area contributed by atoms with Crippen LogP contribution in [0.2, 0.25) is 0 Å². The highest BCUT2D eigenvalue weighted by Crippen LogP contribution is 2.28. The Morgan fingerprint density at radius 2 is 2.13 bits per heavy atom. The van der Waals surface area contributed by atoms with E-state index < -0.39 is 6.10 Å². The van der Waals surface area contributed by atoms with Gasteiger partial charge in [0, 0.05) is 6.08 Å². The minimum atomic E-state index is -0.955. The van der Waals surface area contributed by atoms with Gasteiger partial charge in [-0.15, -0.1) is 0 Å². The molecule has 0 fully saturated rings. The average Bonchev–Trinajstić information content (AvgIpc) is 2.75. The van der Waals surface area contributed by atoms with Crippen LogP contribution in [0.1, 0.15) is 59.8 Å². The summed E-state index contributed by atoms with van der Waals surface area (Å²) >= 11 is 0. The topological polar surface area (TPSA) is 49.3 Å². The Kier molecular flexibility index (Phi) is 8.04. The Morgan fingerprint density at radius 1 is 1.43 bits per heavy atom. The lowest BCUT2D eigenvalue weighted by Gasteiger charge is -2.29. The van der Waals surface area contributed by atoms with Gasteiger partial charge in [0.2, 0.25) is 0 Å². The van der Waals surface area contributed by atoms with Crippen LogP contribution in [0, 0.1) is 0 Å². The molecular weight excluding hydrogens is 286 g/mol. The fourth-order valence-electron chi connectivity index (χ4n) is 2.90. The van der Waals surface area contributed by atoms with Gasteiger partial charge in [-0.05, 0) is 43.8 Å².